The van der Waals surface area contributed by atoms with Crippen molar-refractivity contribution in [3.63, 3.8) is 0 Å². The second kappa shape index (κ2) is 6.73. The summed E-state index contributed by atoms with van der Waals surface area (Å²) < 4.78 is 9.81. The van der Waals surface area contributed by atoms with Crippen molar-refractivity contribution < 1.29 is 13.9 Å². The number of hydrogen-bond acceptors (Lipinski definition) is 5. The van der Waals surface area contributed by atoms with Crippen LogP contribution in [-0.4, -0.2) is 43.7 Å². The van der Waals surface area contributed by atoms with E-state index in [0.717, 1.165) is 31.2 Å². The number of ether oxygens (including phenoxy) is 1. The zero-order chi connectivity index (χ0) is 13.7. The van der Waals surface area contributed by atoms with Crippen molar-refractivity contribution >= 4 is 5.97 Å². The van der Waals surface area contributed by atoms with Crippen molar-refractivity contribution in [1.82, 2.24) is 10.2 Å². The third-order valence-corrected chi connectivity index (χ3v) is 3.48. The highest BCUT2D eigenvalue weighted by atomic mass is 16.5. The Hall–Kier alpha value is -1.33. The van der Waals surface area contributed by atoms with Gasteiger partial charge >= 0.3 is 5.97 Å². The first kappa shape index (κ1) is 14.1. The van der Waals surface area contributed by atoms with Gasteiger partial charge in [-0.05, 0) is 25.5 Å². The molecule has 0 atom stereocenters. The van der Waals surface area contributed by atoms with Crippen molar-refractivity contribution in [2.24, 2.45) is 0 Å². The maximum atomic E-state index is 11.4. The van der Waals surface area contributed by atoms with E-state index >= 15 is 0 Å². The molecule has 1 fully saturated rings. The number of likely N-dealkylation sites (N-methyl/N-ethyl adjacent to an activating group) is 1. The van der Waals surface area contributed by atoms with Gasteiger partial charge in [0, 0.05) is 31.2 Å². The Morgan fingerprint density at radius 3 is 3.00 bits per heavy atom. The summed E-state index contributed by atoms with van der Waals surface area (Å²) >= 11 is 0. The van der Waals surface area contributed by atoms with E-state index in [4.69, 9.17) is 4.42 Å². The van der Waals surface area contributed by atoms with Gasteiger partial charge in [-0.25, -0.2) is 4.79 Å². The molecule has 2 rings (SSSR count). The van der Waals surface area contributed by atoms with Crippen LogP contribution < -0.4 is 5.32 Å². The third-order valence-electron chi connectivity index (χ3n) is 3.48. The minimum atomic E-state index is -0.421. The highest BCUT2D eigenvalue weighted by molar-refractivity contribution is 5.87. The molecule has 0 amide bonds. The summed E-state index contributed by atoms with van der Waals surface area (Å²) in [5.41, 5.74) is 0.848. The molecule has 19 heavy (non-hydrogen) atoms. The second-order valence-electron chi connectivity index (χ2n) is 4.80. The molecule has 1 aromatic heterocycles. The van der Waals surface area contributed by atoms with Crippen LogP contribution in [0.25, 0.3) is 0 Å². The molecule has 1 aliphatic rings. The molecule has 1 N–H and O–H groups in total. The first-order valence-electron chi connectivity index (χ1n) is 6.85. The van der Waals surface area contributed by atoms with Crippen LogP contribution in [-0.2, 0) is 11.3 Å². The first-order valence-corrected chi connectivity index (χ1v) is 6.85. The number of rotatable bonds is 8. The predicted octanol–water partition coefficient (Wildman–Crippen LogP) is 1.64. The molecule has 5 nitrogen and oxygen atoms in total. The summed E-state index contributed by atoms with van der Waals surface area (Å²) in [4.78, 5) is 13.9. The van der Waals surface area contributed by atoms with Gasteiger partial charge in [-0.1, -0.05) is 6.92 Å². The Kier molecular flexibility index (Phi) is 4.99. The van der Waals surface area contributed by atoms with Gasteiger partial charge in [0.25, 0.3) is 0 Å². The largest absolute Gasteiger partial charge is 0.463 e. The lowest BCUT2D eigenvalue weighted by Crippen LogP contribution is -2.33. The van der Waals surface area contributed by atoms with Crippen molar-refractivity contribution in [2.75, 3.05) is 26.7 Å². The average molecular weight is 266 g/mol. The smallest absolute Gasteiger partial charge is 0.374 e. The molecule has 0 aromatic carbocycles. The van der Waals surface area contributed by atoms with Crippen LogP contribution in [0.15, 0.2) is 16.7 Å². The van der Waals surface area contributed by atoms with Crippen molar-refractivity contribution in [2.45, 2.75) is 32.4 Å². The normalized spacial score (nSPS) is 14.9. The van der Waals surface area contributed by atoms with Gasteiger partial charge in [-0.15, -0.1) is 0 Å². The van der Waals surface area contributed by atoms with Gasteiger partial charge in [0.2, 0.25) is 5.76 Å². The van der Waals surface area contributed by atoms with E-state index in [9.17, 15) is 4.79 Å². The molecule has 0 saturated heterocycles. The topological polar surface area (TPSA) is 54.7 Å². The van der Waals surface area contributed by atoms with Crippen LogP contribution >= 0.6 is 0 Å². The monoisotopic (exact) mass is 266 g/mol. The summed E-state index contributed by atoms with van der Waals surface area (Å²) in [7, 11) is 1.36. The molecule has 0 unspecified atom stereocenters. The maximum absolute atomic E-state index is 11.4. The lowest BCUT2D eigenvalue weighted by Gasteiger charge is -2.19. The Morgan fingerprint density at radius 1 is 1.58 bits per heavy atom. The molecular formula is C14H22N2O3. The molecule has 0 radical (unpaired) electrons. The molecule has 1 heterocycles. The lowest BCUT2D eigenvalue weighted by atomic mass is 10.2. The van der Waals surface area contributed by atoms with Crippen molar-refractivity contribution in [3.05, 3.63) is 23.7 Å². The minimum Gasteiger partial charge on any atom is -0.463 e. The second-order valence-corrected chi connectivity index (χ2v) is 4.80. The van der Waals surface area contributed by atoms with Gasteiger partial charge in [-0.2, -0.15) is 0 Å². The molecule has 1 aliphatic carbocycles. The van der Waals surface area contributed by atoms with E-state index in [0.29, 0.717) is 12.3 Å². The molecular weight excluding hydrogens is 244 g/mol. The minimum absolute atomic E-state index is 0.296. The summed E-state index contributed by atoms with van der Waals surface area (Å²) in [6.45, 7) is 5.89. The van der Waals surface area contributed by atoms with Crippen LogP contribution in [0.5, 0.6) is 0 Å². The Morgan fingerprint density at radius 2 is 2.37 bits per heavy atom. The number of hydrogen-bond donors (Lipinski definition) is 1. The number of furan rings is 1. The van der Waals surface area contributed by atoms with Crippen LogP contribution in [0.1, 0.15) is 35.9 Å². The first-order chi connectivity index (χ1) is 9.26. The van der Waals surface area contributed by atoms with Gasteiger partial charge in [-0.3, -0.25) is 4.90 Å². The highest BCUT2D eigenvalue weighted by Gasteiger charge is 2.27. The summed E-state index contributed by atoms with van der Waals surface area (Å²) in [5, 5.41) is 3.35. The standard InChI is InChI=1S/C14H22N2O3/c1-3-16(12-4-5-12)8-7-15-10-11-6-9-19-13(11)14(17)18-2/h6,9,12,15H,3-5,7-8,10H2,1-2H3. The van der Waals surface area contributed by atoms with E-state index in [-0.39, 0.29) is 0 Å². The molecule has 0 aliphatic heterocycles. The van der Waals surface area contributed by atoms with Crippen LogP contribution in [0.3, 0.4) is 0 Å². The Labute approximate surface area is 113 Å². The number of nitrogens with one attached hydrogen (secondary N) is 1. The molecule has 106 valence electrons. The van der Waals surface area contributed by atoms with E-state index in [1.807, 2.05) is 0 Å². The highest BCUT2D eigenvalue weighted by Crippen LogP contribution is 2.25. The zero-order valence-electron chi connectivity index (χ0n) is 11.6. The maximum Gasteiger partial charge on any atom is 0.374 e. The fourth-order valence-corrected chi connectivity index (χ4v) is 2.23. The Balaban J connectivity index is 1.73. The van der Waals surface area contributed by atoms with Crippen LogP contribution in [0, 0.1) is 0 Å². The Bertz CT molecular complexity index is 413. The molecule has 1 saturated carbocycles. The van der Waals surface area contributed by atoms with Crippen LogP contribution in [0.4, 0.5) is 0 Å². The number of methoxy groups -OCH3 is 1. The third kappa shape index (κ3) is 3.81. The lowest BCUT2D eigenvalue weighted by molar-refractivity contribution is 0.0563. The van der Waals surface area contributed by atoms with Crippen molar-refractivity contribution in [1.29, 1.82) is 0 Å². The van der Waals surface area contributed by atoms with E-state index < -0.39 is 5.97 Å². The average Bonchev–Trinajstić information content (AvgIpc) is 3.16. The van der Waals surface area contributed by atoms with Crippen molar-refractivity contribution in [3.8, 4) is 0 Å². The number of carbonyl (C=O) groups is 1. The van der Waals surface area contributed by atoms with Gasteiger partial charge in [0.05, 0.1) is 13.4 Å². The van der Waals surface area contributed by atoms with Crippen LogP contribution in [0.2, 0.25) is 0 Å². The summed E-state index contributed by atoms with van der Waals surface area (Å²) in [6, 6.07) is 2.60. The number of esters is 1. The molecule has 0 bridgehead atoms. The van der Waals surface area contributed by atoms with E-state index in [1.54, 1.807) is 6.07 Å². The SMILES string of the molecule is CCN(CCNCc1ccoc1C(=O)OC)C1CC1. The quantitative estimate of drug-likeness (QED) is 0.572. The predicted molar refractivity (Wildman–Crippen MR) is 72.0 cm³/mol. The van der Waals surface area contributed by atoms with Gasteiger partial charge in [0.1, 0.15) is 0 Å². The molecule has 1 aromatic rings. The fraction of sp³-hybridized carbons (Fsp3) is 0.643. The fourth-order valence-electron chi connectivity index (χ4n) is 2.23. The zero-order valence-corrected chi connectivity index (χ0v) is 11.6. The van der Waals surface area contributed by atoms with Gasteiger partial charge in [0.15, 0.2) is 0 Å². The molecule has 5 heteroatoms. The summed E-state index contributed by atoms with van der Waals surface area (Å²) in [5.74, 6) is -0.125. The van der Waals surface area contributed by atoms with Gasteiger partial charge < -0.3 is 14.5 Å². The number of carbonyl (C=O) groups excluding carboxylic acids is 1. The number of nitrogens with zero attached hydrogens (tertiary/aromatic N) is 1. The summed E-state index contributed by atoms with van der Waals surface area (Å²) in [6.07, 6.45) is 4.19. The van der Waals surface area contributed by atoms with E-state index in [1.165, 1.54) is 26.2 Å². The molecule has 0 spiro atoms. The van der Waals surface area contributed by atoms with E-state index in [2.05, 4.69) is 21.9 Å².